The van der Waals surface area contributed by atoms with E-state index in [2.05, 4.69) is 75.1 Å². The SMILES string of the molecule is C=C/C=C\C(=C)Cc1nc2ccc(C(=O)N(CCC(C)C)CCC(C)C)cc2n1CCCN(CC)CCCC. The Morgan fingerprint density at radius 1 is 1.03 bits per heavy atom. The third-order valence-corrected chi connectivity index (χ3v) is 7.30. The van der Waals surface area contributed by atoms with E-state index in [1.165, 1.54) is 12.8 Å². The van der Waals surface area contributed by atoms with Crippen LogP contribution in [0.4, 0.5) is 0 Å². The summed E-state index contributed by atoms with van der Waals surface area (Å²) in [6.45, 7) is 27.1. The molecule has 0 N–H and O–H groups in total. The Bertz CT molecular complexity index is 1070. The fraction of sp³-hybridized carbons (Fsp3) is 0.588. The van der Waals surface area contributed by atoms with Gasteiger partial charge < -0.3 is 14.4 Å². The molecule has 5 nitrogen and oxygen atoms in total. The molecule has 216 valence electrons. The fourth-order valence-electron chi connectivity index (χ4n) is 4.74. The summed E-state index contributed by atoms with van der Waals surface area (Å²) < 4.78 is 2.32. The van der Waals surface area contributed by atoms with Crippen molar-refractivity contribution in [3.8, 4) is 0 Å². The van der Waals surface area contributed by atoms with Gasteiger partial charge in [-0.25, -0.2) is 4.98 Å². The van der Waals surface area contributed by atoms with E-state index in [0.717, 1.165) is 86.5 Å². The van der Waals surface area contributed by atoms with Crippen molar-refractivity contribution in [3.05, 3.63) is 66.5 Å². The van der Waals surface area contributed by atoms with Crippen LogP contribution in [-0.2, 0) is 13.0 Å². The van der Waals surface area contributed by atoms with Crippen LogP contribution in [0, 0.1) is 11.8 Å². The molecule has 0 saturated carbocycles. The van der Waals surface area contributed by atoms with Crippen molar-refractivity contribution >= 4 is 16.9 Å². The number of aryl methyl sites for hydroxylation is 1. The standard InChI is InChI=1S/C34H54N4O/c1-9-12-15-29(8)25-33-35-31-17-16-30(34(39)37(23-18-27(4)5)24-19-28(6)7)26-32(31)38(33)22-14-21-36(11-3)20-13-10-2/h9,12,15-17,26-28H,1,8,10-11,13-14,18-25H2,2-7H3/b15-12-. The van der Waals surface area contributed by atoms with E-state index in [1.54, 1.807) is 6.08 Å². The number of carbonyl (C=O) groups excluding carboxylic acids is 1. The van der Waals surface area contributed by atoms with Crippen LogP contribution in [0.2, 0.25) is 0 Å². The molecule has 0 fully saturated rings. The van der Waals surface area contributed by atoms with E-state index in [9.17, 15) is 4.79 Å². The summed E-state index contributed by atoms with van der Waals surface area (Å²) >= 11 is 0. The molecule has 0 atom stereocenters. The maximum Gasteiger partial charge on any atom is 0.253 e. The van der Waals surface area contributed by atoms with Crippen LogP contribution >= 0.6 is 0 Å². The summed E-state index contributed by atoms with van der Waals surface area (Å²) in [7, 11) is 0. The predicted octanol–water partition coefficient (Wildman–Crippen LogP) is 7.92. The molecule has 2 aromatic rings. The second-order valence-corrected chi connectivity index (χ2v) is 11.6. The molecule has 0 radical (unpaired) electrons. The number of fused-ring (bicyclic) bond motifs is 1. The lowest BCUT2D eigenvalue weighted by atomic mass is 10.1. The average molecular weight is 535 g/mol. The number of amides is 1. The van der Waals surface area contributed by atoms with Crippen molar-refractivity contribution < 1.29 is 4.79 Å². The smallest absolute Gasteiger partial charge is 0.253 e. The molecule has 0 unspecified atom stereocenters. The first-order chi connectivity index (χ1) is 18.7. The zero-order chi connectivity index (χ0) is 28.8. The molecule has 1 amide bonds. The summed E-state index contributed by atoms with van der Waals surface area (Å²) in [5.74, 6) is 2.26. The highest BCUT2D eigenvalue weighted by molar-refractivity contribution is 5.97. The van der Waals surface area contributed by atoms with Crippen LogP contribution in [0.1, 0.15) is 89.8 Å². The Morgan fingerprint density at radius 2 is 1.69 bits per heavy atom. The van der Waals surface area contributed by atoms with Crippen molar-refractivity contribution in [3.63, 3.8) is 0 Å². The van der Waals surface area contributed by atoms with Gasteiger partial charge in [0.2, 0.25) is 0 Å². The van der Waals surface area contributed by atoms with Gasteiger partial charge in [0, 0.05) is 31.6 Å². The lowest BCUT2D eigenvalue weighted by Crippen LogP contribution is -2.34. The second kappa shape index (κ2) is 17.1. The number of allylic oxidation sites excluding steroid dienone is 4. The molecule has 0 saturated heterocycles. The van der Waals surface area contributed by atoms with E-state index < -0.39 is 0 Å². The van der Waals surface area contributed by atoms with Gasteiger partial charge in [0.1, 0.15) is 5.82 Å². The Hall–Kier alpha value is -2.66. The van der Waals surface area contributed by atoms with Crippen molar-refractivity contribution in [2.24, 2.45) is 11.8 Å². The van der Waals surface area contributed by atoms with Crippen molar-refractivity contribution in [1.82, 2.24) is 19.4 Å². The van der Waals surface area contributed by atoms with Gasteiger partial charge in [-0.2, -0.15) is 0 Å². The predicted molar refractivity (Wildman–Crippen MR) is 168 cm³/mol. The Morgan fingerprint density at radius 3 is 2.28 bits per heavy atom. The van der Waals surface area contributed by atoms with E-state index in [1.807, 2.05) is 24.3 Å². The third-order valence-electron chi connectivity index (χ3n) is 7.30. The van der Waals surface area contributed by atoms with E-state index in [4.69, 9.17) is 4.98 Å². The molecule has 0 aliphatic heterocycles. The molecule has 0 bridgehead atoms. The number of hydrogen-bond acceptors (Lipinski definition) is 3. The molecular formula is C34H54N4O. The van der Waals surface area contributed by atoms with Crippen molar-refractivity contribution in [1.29, 1.82) is 0 Å². The van der Waals surface area contributed by atoms with Gasteiger partial charge in [-0.15, -0.1) is 0 Å². The zero-order valence-corrected chi connectivity index (χ0v) is 25.7. The molecule has 0 aliphatic rings. The molecule has 1 heterocycles. The molecule has 5 heteroatoms. The molecule has 0 spiro atoms. The molecule has 1 aromatic heterocycles. The topological polar surface area (TPSA) is 41.4 Å². The van der Waals surface area contributed by atoms with Gasteiger partial charge in [-0.3, -0.25) is 4.79 Å². The molecule has 39 heavy (non-hydrogen) atoms. The van der Waals surface area contributed by atoms with Gasteiger partial charge in [-0.1, -0.05) is 79.3 Å². The number of nitrogens with zero attached hydrogens (tertiary/aromatic N) is 4. The summed E-state index contributed by atoms with van der Waals surface area (Å²) in [5, 5.41) is 0. The minimum atomic E-state index is 0.127. The molecule has 2 rings (SSSR count). The van der Waals surface area contributed by atoms with E-state index >= 15 is 0 Å². The van der Waals surface area contributed by atoms with Crippen LogP contribution in [0.5, 0.6) is 0 Å². The first-order valence-corrected chi connectivity index (χ1v) is 15.2. The van der Waals surface area contributed by atoms with Crippen LogP contribution in [0.15, 0.2) is 55.2 Å². The average Bonchev–Trinajstić information content (AvgIpc) is 3.24. The first-order valence-electron chi connectivity index (χ1n) is 15.2. The number of hydrogen-bond donors (Lipinski definition) is 0. The lowest BCUT2D eigenvalue weighted by Gasteiger charge is -2.25. The normalized spacial score (nSPS) is 11.9. The largest absolute Gasteiger partial charge is 0.339 e. The number of benzene rings is 1. The third kappa shape index (κ3) is 10.8. The fourth-order valence-corrected chi connectivity index (χ4v) is 4.74. The van der Waals surface area contributed by atoms with Gasteiger partial charge >= 0.3 is 0 Å². The first kappa shape index (κ1) is 32.6. The number of carbonyl (C=O) groups is 1. The van der Waals surface area contributed by atoms with Crippen LogP contribution in [-0.4, -0.2) is 58.0 Å². The van der Waals surface area contributed by atoms with Crippen molar-refractivity contribution in [2.75, 3.05) is 32.7 Å². The van der Waals surface area contributed by atoms with Crippen LogP contribution in [0.25, 0.3) is 11.0 Å². The summed E-state index contributed by atoms with van der Waals surface area (Å²) in [6.07, 6.45) is 11.9. The number of aromatic nitrogens is 2. The maximum atomic E-state index is 13.7. The summed E-state index contributed by atoms with van der Waals surface area (Å²) in [4.78, 5) is 23.3. The Labute approximate surface area is 238 Å². The van der Waals surface area contributed by atoms with Crippen LogP contribution in [0.3, 0.4) is 0 Å². The zero-order valence-electron chi connectivity index (χ0n) is 25.7. The number of unbranched alkanes of at least 4 members (excludes halogenated alkanes) is 1. The minimum Gasteiger partial charge on any atom is -0.339 e. The minimum absolute atomic E-state index is 0.127. The Kier molecular flexibility index (Phi) is 14.3. The van der Waals surface area contributed by atoms with E-state index in [0.29, 0.717) is 18.3 Å². The number of imidazole rings is 1. The maximum absolute atomic E-state index is 13.7. The summed E-state index contributed by atoms with van der Waals surface area (Å²) in [6, 6.07) is 6.05. The highest BCUT2D eigenvalue weighted by Gasteiger charge is 2.19. The monoisotopic (exact) mass is 534 g/mol. The quantitative estimate of drug-likeness (QED) is 0.172. The highest BCUT2D eigenvalue weighted by atomic mass is 16.2. The molecular weight excluding hydrogens is 480 g/mol. The van der Waals surface area contributed by atoms with E-state index in [-0.39, 0.29) is 5.91 Å². The molecule has 1 aromatic carbocycles. The lowest BCUT2D eigenvalue weighted by molar-refractivity contribution is 0.0741. The summed E-state index contributed by atoms with van der Waals surface area (Å²) in [5.41, 5.74) is 3.73. The van der Waals surface area contributed by atoms with Crippen LogP contribution < -0.4 is 0 Å². The Balaban J connectivity index is 2.38. The van der Waals surface area contributed by atoms with Gasteiger partial charge in [0.15, 0.2) is 0 Å². The molecule has 0 aliphatic carbocycles. The second-order valence-electron chi connectivity index (χ2n) is 11.6. The number of rotatable bonds is 19. The van der Waals surface area contributed by atoms with Crippen molar-refractivity contribution in [2.45, 2.75) is 86.6 Å². The highest BCUT2D eigenvalue weighted by Crippen LogP contribution is 2.22. The van der Waals surface area contributed by atoms with Gasteiger partial charge in [0.25, 0.3) is 5.91 Å². The van der Waals surface area contributed by atoms with Gasteiger partial charge in [-0.05, 0) is 80.9 Å². The van der Waals surface area contributed by atoms with Gasteiger partial charge in [0.05, 0.1) is 11.0 Å².